The number of methoxy groups -OCH3 is 2. The van der Waals surface area contributed by atoms with Crippen molar-refractivity contribution in [3.8, 4) is 5.75 Å². The first-order valence-corrected chi connectivity index (χ1v) is 7.91. The highest BCUT2D eigenvalue weighted by molar-refractivity contribution is 6.09. The lowest BCUT2D eigenvalue weighted by atomic mass is 9.54. The number of hydrogen-bond donors (Lipinski definition) is 0. The number of carbonyl (C=O) groups excluding carboxylic acids is 2. The van der Waals surface area contributed by atoms with Crippen molar-refractivity contribution in [1.29, 1.82) is 0 Å². The normalized spacial score (nSPS) is 29.2. The smallest absolute Gasteiger partial charge is 0.315 e. The fraction of sp³-hybridized carbons (Fsp3) is 0.474. The highest BCUT2D eigenvalue weighted by atomic mass is 16.5. The summed E-state index contributed by atoms with van der Waals surface area (Å²) in [6.07, 6.45) is 4.17. The largest absolute Gasteiger partial charge is 0.497 e. The summed E-state index contributed by atoms with van der Waals surface area (Å²) in [6.45, 7) is 4.00. The molecule has 3 rings (SSSR count). The van der Waals surface area contributed by atoms with Crippen LogP contribution in [0.15, 0.2) is 29.8 Å². The van der Waals surface area contributed by atoms with Gasteiger partial charge in [-0.05, 0) is 55.2 Å². The summed E-state index contributed by atoms with van der Waals surface area (Å²) in [7, 11) is 3.02. The molecule has 1 unspecified atom stereocenters. The summed E-state index contributed by atoms with van der Waals surface area (Å²) < 4.78 is 10.4. The molecule has 1 aromatic rings. The van der Waals surface area contributed by atoms with Gasteiger partial charge in [0.05, 0.1) is 19.6 Å². The predicted octanol–water partition coefficient (Wildman–Crippen LogP) is 3.44. The van der Waals surface area contributed by atoms with Crippen LogP contribution in [0.2, 0.25) is 0 Å². The Kier molecular flexibility index (Phi) is 3.58. The van der Waals surface area contributed by atoms with Crippen molar-refractivity contribution in [3.63, 3.8) is 0 Å². The van der Waals surface area contributed by atoms with Gasteiger partial charge in [0.25, 0.3) is 0 Å². The van der Waals surface area contributed by atoms with Gasteiger partial charge in [-0.2, -0.15) is 0 Å². The highest BCUT2D eigenvalue weighted by Gasteiger charge is 2.52. The third-order valence-corrected chi connectivity index (χ3v) is 5.54. The SMILES string of the molecule is COC(=O)[C@@]1(C)CCCC2(C)C1=CC(=O)c1ccc(OC)cc12. The molecule has 23 heavy (non-hydrogen) atoms. The van der Waals surface area contributed by atoms with Crippen LogP contribution in [0.25, 0.3) is 0 Å². The molecule has 122 valence electrons. The molecule has 0 bridgehead atoms. The lowest BCUT2D eigenvalue weighted by Gasteiger charge is -2.48. The lowest BCUT2D eigenvalue weighted by Crippen LogP contribution is -2.46. The van der Waals surface area contributed by atoms with Crippen molar-refractivity contribution >= 4 is 11.8 Å². The fourth-order valence-electron chi connectivity index (χ4n) is 4.24. The Morgan fingerprint density at radius 2 is 1.91 bits per heavy atom. The van der Waals surface area contributed by atoms with Gasteiger partial charge in [0.2, 0.25) is 0 Å². The van der Waals surface area contributed by atoms with Crippen LogP contribution in [0.1, 0.15) is 49.0 Å². The van der Waals surface area contributed by atoms with Crippen LogP contribution in [0, 0.1) is 5.41 Å². The summed E-state index contributed by atoms with van der Waals surface area (Å²) in [5.41, 5.74) is 1.42. The minimum atomic E-state index is -0.752. The summed E-state index contributed by atoms with van der Waals surface area (Å²) in [5, 5.41) is 0. The van der Waals surface area contributed by atoms with Gasteiger partial charge >= 0.3 is 5.97 Å². The van der Waals surface area contributed by atoms with Gasteiger partial charge in [-0.3, -0.25) is 9.59 Å². The Bertz CT molecular complexity index is 718. The van der Waals surface area contributed by atoms with E-state index in [-0.39, 0.29) is 17.2 Å². The number of allylic oxidation sites excluding steroid dienone is 1. The number of fused-ring (bicyclic) bond motifs is 3. The van der Waals surface area contributed by atoms with Crippen LogP contribution in [-0.2, 0) is 14.9 Å². The molecule has 0 heterocycles. The number of esters is 1. The van der Waals surface area contributed by atoms with E-state index >= 15 is 0 Å². The van der Waals surface area contributed by atoms with Crippen LogP contribution in [0.5, 0.6) is 5.75 Å². The summed E-state index contributed by atoms with van der Waals surface area (Å²) in [5.74, 6) is 0.408. The number of rotatable bonds is 2. The average Bonchev–Trinajstić information content (AvgIpc) is 2.56. The first-order chi connectivity index (χ1) is 10.9. The standard InChI is InChI=1S/C19H22O4/c1-18-8-5-9-19(2,17(21)23-4)16(18)11-15(20)13-7-6-12(22-3)10-14(13)18/h6-7,10-11H,5,8-9H2,1-4H3/t18?,19-/m0/s1. The Hall–Kier alpha value is -2.10. The molecule has 0 spiro atoms. The molecule has 4 nitrogen and oxygen atoms in total. The van der Waals surface area contributed by atoms with Crippen molar-refractivity contribution in [2.75, 3.05) is 14.2 Å². The fourth-order valence-corrected chi connectivity index (χ4v) is 4.24. The Balaban J connectivity index is 2.22. The molecule has 4 heteroatoms. The second-order valence-electron chi connectivity index (χ2n) is 6.84. The minimum absolute atomic E-state index is 0.0489. The van der Waals surface area contributed by atoms with Crippen molar-refractivity contribution in [1.82, 2.24) is 0 Å². The van der Waals surface area contributed by atoms with E-state index in [1.165, 1.54) is 7.11 Å². The highest BCUT2D eigenvalue weighted by Crippen LogP contribution is 2.55. The summed E-state index contributed by atoms with van der Waals surface area (Å²) in [4.78, 5) is 25.0. The van der Waals surface area contributed by atoms with E-state index in [1.807, 2.05) is 19.1 Å². The number of ketones is 1. The topological polar surface area (TPSA) is 52.6 Å². The lowest BCUT2D eigenvalue weighted by molar-refractivity contribution is -0.151. The van der Waals surface area contributed by atoms with Gasteiger partial charge in [-0.25, -0.2) is 0 Å². The quantitative estimate of drug-likeness (QED) is 0.785. The maximum Gasteiger partial charge on any atom is 0.315 e. The van der Waals surface area contributed by atoms with Crippen molar-refractivity contribution < 1.29 is 19.1 Å². The number of hydrogen-bond acceptors (Lipinski definition) is 4. The van der Waals surface area contributed by atoms with Crippen LogP contribution in [0.3, 0.4) is 0 Å². The van der Waals surface area contributed by atoms with Crippen LogP contribution < -0.4 is 4.74 Å². The van der Waals surface area contributed by atoms with Gasteiger partial charge < -0.3 is 9.47 Å². The molecule has 0 N–H and O–H groups in total. The van der Waals surface area contributed by atoms with Crippen LogP contribution >= 0.6 is 0 Å². The molecule has 0 radical (unpaired) electrons. The molecular weight excluding hydrogens is 292 g/mol. The monoisotopic (exact) mass is 314 g/mol. The zero-order valence-electron chi connectivity index (χ0n) is 14.1. The Morgan fingerprint density at radius 3 is 2.57 bits per heavy atom. The minimum Gasteiger partial charge on any atom is -0.497 e. The van der Waals surface area contributed by atoms with Gasteiger partial charge in [0.15, 0.2) is 5.78 Å². The van der Waals surface area contributed by atoms with Crippen molar-refractivity contribution in [3.05, 3.63) is 41.0 Å². The summed E-state index contributed by atoms with van der Waals surface area (Å²) in [6, 6.07) is 5.56. The zero-order valence-corrected chi connectivity index (χ0v) is 14.1. The molecule has 0 aromatic heterocycles. The van der Waals surface area contributed by atoms with Crippen molar-refractivity contribution in [2.24, 2.45) is 5.41 Å². The molecular formula is C19H22O4. The molecule has 0 aliphatic heterocycles. The third kappa shape index (κ3) is 2.12. The van der Waals surface area contributed by atoms with E-state index in [4.69, 9.17) is 9.47 Å². The summed E-state index contributed by atoms with van der Waals surface area (Å²) >= 11 is 0. The first-order valence-electron chi connectivity index (χ1n) is 7.91. The second-order valence-corrected chi connectivity index (χ2v) is 6.84. The molecule has 2 aliphatic carbocycles. The molecule has 1 saturated carbocycles. The zero-order chi connectivity index (χ0) is 16.8. The Labute approximate surface area is 136 Å². The van der Waals surface area contributed by atoms with Crippen molar-refractivity contribution in [2.45, 2.75) is 38.5 Å². The third-order valence-electron chi connectivity index (χ3n) is 5.54. The van der Waals surface area contributed by atoms with E-state index in [9.17, 15) is 9.59 Å². The molecule has 1 aromatic carbocycles. The number of benzene rings is 1. The molecule has 1 fully saturated rings. The average molecular weight is 314 g/mol. The van der Waals surface area contributed by atoms with E-state index in [0.29, 0.717) is 12.0 Å². The van der Waals surface area contributed by atoms with E-state index in [2.05, 4.69) is 6.92 Å². The maximum atomic E-state index is 12.6. The van der Waals surface area contributed by atoms with Crippen LogP contribution in [-0.4, -0.2) is 26.0 Å². The van der Waals surface area contributed by atoms with Crippen LogP contribution in [0.4, 0.5) is 0 Å². The van der Waals surface area contributed by atoms with Gasteiger partial charge in [0, 0.05) is 11.0 Å². The predicted molar refractivity (Wildman–Crippen MR) is 86.7 cm³/mol. The molecule has 0 amide bonds. The van der Waals surface area contributed by atoms with Gasteiger partial charge in [-0.15, -0.1) is 0 Å². The Morgan fingerprint density at radius 1 is 1.17 bits per heavy atom. The molecule has 2 atom stereocenters. The molecule has 2 aliphatic rings. The van der Waals surface area contributed by atoms with E-state index in [0.717, 1.165) is 29.7 Å². The van der Waals surface area contributed by atoms with Gasteiger partial charge in [-0.1, -0.05) is 13.3 Å². The maximum absolute atomic E-state index is 12.6. The molecule has 0 saturated heterocycles. The van der Waals surface area contributed by atoms with E-state index in [1.54, 1.807) is 19.3 Å². The number of ether oxygens (including phenoxy) is 2. The first kappa shape index (κ1) is 15.8. The van der Waals surface area contributed by atoms with E-state index < -0.39 is 5.41 Å². The number of carbonyl (C=O) groups is 2. The second kappa shape index (κ2) is 5.22. The van der Waals surface area contributed by atoms with Gasteiger partial charge in [0.1, 0.15) is 5.75 Å².